The Kier molecular flexibility index (Phi) is 3.62. The second kappa shape index (κ2) is 5.25. The number of hydrogen-bond donors (Lipinski definition) is 1. The lowest BCUT2D eigenvalue weighted by atomic mass is 10.1. The molecule has 98 valence electrons. The summed E-state index contributed by atoms with van der Waals surface area (Å²) in [5.41, 5.74) is 7.56. The lowest BCUT2D eigenvalue weighted by Crippen LogP contribution is -2.09. The molecule has 0 aliphatic rings. The smallest absolute Gasteiger partial charge is 0.129 e. The van der Waals surface area contributed by atoms with E-state index in [0.717, 1.165) is 15.1 Å². The molecule has 19 heavy (non-hydrogen) atoms. The molecule has 0 amide bonds. The molecule has 0 aliphatic carbocycles. The maximum atomic E-state index is 6.39. The fraction of sp³-hybridized carbons (Fsp3) is 0.143. The second-order valence-electron chi connectivity index (χ2n) is 4.17. The zero-order valence-corrected chi connectivity index (χ0v) is 13.4. The van der Waals surface area contributed by atoms with E-state index in [4.69, 9.17) is 10.5 Å². The van der Waals surface area contributed by atoms with Gasteiger partial charge in [0.15, 0.2) is 0 Å². The van der Waals surface area contributed by atoms with Gasteiger partial charge in [-0.15, -0.1) is 22.7 Å². The first-order chi connectivity index (χ1) is 9.20. The highest BCUT2D eigenvalue weighted by Gasteiger charge is 2.16. The zero-order valence-electron chi connectivity index (χ0n) is 10.2. The van der Waals surface area contributed by atoms with Gasteiger partial charge in [0.2, 0.25) is 0 Å². The van der Waals surface area contributed by atoms with Crippen LogP contribution in [0.2, 0.25) is 0 Å². The average Bonchev–Trinajstić information content (AvgIpc) is 3.05. The minimum Gasteiger partial charge on any atom is -0.496 e. The molecule has 1 unspecified atom stereocenters. The van der Waals surface area contributed by atoms with E-state index in [0.29, 0.717) is 0 Å². The Bertz CT molecular complexity index is 719. The van der Waals surface area contributed by atoms with Crippen molar-refractivity contribution < 1.29 is 4.74 Å². The summed E-state index contributed by atoms with van der Waals surface area (Å²) in [6.45, 7) is 0. The fourth-order valence-corrected chi connectivity index (χ4v) is 4.57. The monoisotopic (exact) mass is 353 g/mol. The molecule has 0 radical (unpaired) electrons. The average molecular weight is 354 g/mol. The van der Waals surface area contributed by atoms with Gasteiger partial charge in [0.25, 0.3) is 0 Å². The quantitative estimate of drug-likeness (QED) is 0.735. The molecule has 3 rings (SSSR count). The number of thiophene rings is 2. The van der Waals surface area contributed by atoms with Gasteiger partial charge in [-0.05, 0) is 44.4 Å². The summed E-state index contributed by atoms with van der Waals surface area (Å²) < 4.78 is 7.59. The summed E-state index contributed by atoms with van der Waals surface area (Å²) in [7, 11) is 1.68. The summed E-state index contributed by atoms with van der Waals surface area (Å²) in [4.78, 5) is 1.12. The molecule has 2 N–H and O–H groups in total. The van der Waals surface area contributed by atoms with Crippen LogP contribution in [0.1, 0.15) is 16.5 Å². The van der Waals surface area contributed by atoms with Gasteiger partial charge in [-0.1, -0.05) is 12.1 Å². The lowest BCUT2D eigenvalue weighted by molar-refractivity contribution is 0.416. The van der Waals surface area contributed by atoms with Gasteiger partial charge >= 0.3 is 0 Å². The van der Waals surface area contributed by atoms with Gasteiger partial charge in [-0.2, -0.15) is 0 Å². The SMILES string of the molecule is COc1csc(C(N)c2csc3c(Br)cccc23)c1. The molecule has 2 nitrogen and oxygen atoms in total. The summed E-state index contributed by atoms with van der Waals surface area (Å²) >= 11 is 6.94. The van der Waals surface area contributed by atoms with E-state index in [1.54, 1.807) is 29.8 Å². The Morgan fingerprint density at radius 3 is 2.84 bits per heavy atom. The third kappa shape index (κ3) is 2.31. The van der Waals surface area contributed by atoms with E-state index in [2.05, 4.69) is 33.4 Å². The van der Waals surface area contributed by atoms with Crippen molar-refractivity contribution in [2.24, 2.45) is 5.73 Å². The van der Waals surface area contributed by atoms with Crippen LogP contribution in [-0.2, 0) is 0 Å². The Labute approximate surface area is 128 Å². The normalized spacial score (nSPS) is 12.8. The van der Waals surface area contributed by atoms with Gasteiger partial charge in [-0.3, -0.25) is 0 Å². The third-order valence-corrected chi connectivity index (χ3v) is 6.02. The number of halogens is 1. The van der Waals surface area contributed by atoms with E-state index < -0.39 is 0 Å². The predicted molar refractivity (Wildman–Crippen MR) is 86.4 cm³/mol. The van der Waals surface area contributed by atoms with Crippen molar-refractivity contribution in [2.45, 2.75) is 6.04 Å². The summed E-state index contributed by atoms with van der Waals surface area (Å²) in [6.07, 6.45) is 0. The largest absolute Gasteiger partial charge is 0.496 e. The Hall–Kier alpha value is -0.880. The molecule has 0 saturated carbocycles. The minimum atomic E-state index is -0.100. The van der Waals surface area contributed by atoms with Crippen molar-refractivity contribution in [2.75, 3.05) is 7.11 Å². The van der Waals surface area contributed by atoms with Crippen LogP contribution in [0.25, 0.3) is 10.1 Å². The molecule has 0 fully saturated rings. The minimum absolute atomic E-state index is 0.100. The van der Waals surface area contributed by atoms with E-state index in [-0.39, 0.29) is 6.04 Å². The maximum Gasteiger partial charge on any atom is 0.129 e. The molecular weight excluding hydrogens is 342 g/mol. The number of nitrogens with two attached hydrogens (primary N) is 1. The number of rotatable bonds is 3. The Morgan fingerprint density at radius 2 is 2.11 bits per heavy atom. The second-order valence-corrected chi connectivity index (χ2v) is 6.85. The van der Waals surface area contributed by atoms with Crippen LogP contribution >= 0.6 is 38.6 Å². The molecular formula is C14H12BrNOS2. The predicted octanol–water partition coefficient (Wildman–Crippen LogP) is 4.78. The molecule has 0 bridgehead atoms. The first-order valence-electron chi connectivity index (χ1n) is 5.74. The maximum absolute atomic E-state index is 6.39. The van der Waals surface area contributed by atoms with Crippen LogP contribution < -0.4 is 10.5 Å². The number of methoxy groups -OCH3 is 1. The summed E-state index contributed by atoms with van der Waals surface area (Å²) in [5.74, 6) is 0.871. The standard InChI is InChI=1S/C14H12BrNOS2/c1-17-8-5-12(18-6-8)13(16)10-7-19-14-9(10)3-2-4-11(14)15/h2-7,13H,16H2,1H3. The van der Waals surface area contributed by atoms with Gasteiger partial charge < -0.3 is 10.5 Å². The van der Waals surface area contributed by atoms with Crippen LogP contribution in [0, 0.1) is 0 Å². The Balaban J connectivity index is 2.06. The van der Waals surface area contributed by atoms with Crippen molar-refractivity contribution in [1.29, 1.82) is 0 Å². The highest BCUT2D eigenvalue weighted by atomic mass is 79.9. The zero-order chi connectivity index (χ0) is 13.4. The first-order valence-corrected chi connectivity index (χ1v) is 8.29. The third-order valence-electron chi connectivity index (χ3n) is 3.05. The molecule has 0 aliphatic heterocycles. The number of ether oxygens (including phenoxy) is 1. The molecule has 0 spiro atoms. The van der Waals surface area contributed by atoms with Gasteiger partial charge in [0, 0.05) is 19.4 Å². The number of benzene rings is 1. The van der Waals surface area contributed by atoms with Gasteiger partial charge in [0.05, 0.1) is 13.2 Å². The van der Waals surface area contributed by atoms with E-state index in [1.165, 1.54) is 15.6 Å². The summed E-state index contributed by atoms with van der Waals surface area (Å²) in [5, 5.41) is 5.35. The van der Waals surface area contributed by atoms with Crippen molar-refractivity contribution in [3.05, 3.63) is 49.9 Å². The van der Waals surface area contributed by atoms with Crippen molar-refractivity contribution in [3.63, 3.8) is 0 Å². The van der Waals surface area contributed by atoms with Crippen LogP contribution in [-0.4, -0.2) is 7.11 Å². The molecule has 5 heteroatoms. The summed E-state index contributed by atoms with van der Waals surface area (Å²) in [6, 6.07) is 8.14. The molecule has 1 aromatic carbocycles. The first kappa shape index (κ1) is 13.1. The van der Waals surface area contributed by atoms with Crippen LogP contribution in [0.5, 0.6) is 5.75 Å². The van der Waals surface area contributed by atoms with Crippen LogP contribution in [0.15, 0.2) is 39.5 Å². The fourth-order valence-electron chi connectivity index (χ4n) is 2.04. The lowest BCUT2D eigenvalue weighted by Gasteiger charge is -2.08. The molecule has 2 heterocycles. The Morgan fingerprint density at radius 1 is 1.26 bits per heavy atom. The number of fused-ring (bicyclic) bond motifs is 1. The van der Waals surface area contributed by atoms with Crippen molar-refractivity contribution in [3.8, 4) is 5.75 Å². The molecule has 2 aromatic heterocycles. The highest BCUT2D eigenvalue weighted by molar-refractivity contribution is 9.10. The highest BCUT2D eigenvalue weighted by Crippen LogP contribution is 2.38. The van der Waals surface area contributed by atoms with E-state index in [1.807, 2.05) is 17.5 Å². The van der Waals surface area contributed by atoms with Gasteiger partial charge in [-0.25, -0.2) is 0 Å². The van der Waals surface area contributed by atoms with E-state index in [9.17, 15) is 0 Å². The molecule has 3 aromatic rings. The molecule has 0 saturated heterocycles. The van der Waals surface area contributed by atoms with Crippen LogP contribution in [0.4, 0.5) is 0 Å². The van der Waals surface area contributed by atoms with Crippen LogP contribution in [0.3, 0.4) is 0 Å². The van der Waals surface area contributed by atoms with Gasteiger partial charge in [0.1, 0.15) is 5.75 Å². The van der Waals surface area contributed by atoms with E-state index >= 15 is 0 Å². The van der Waals surface area contributed by atoms with Crippen molar-refractivity contribution in [1.82, 2.24) is 0 Å². The van der Waals surface area contributed by atoms with Crippen molar-refractivity contribution >= 4 is 48.7 Å². The molecule has 1 atom stereocenters. The number of hydrogen-bond acceptors (Lipinski definition) is 4. The topological polar surface area (TPSA) is 35.2 Å².